The minimum atomic E-state index is -0.920. The third-order valence-electron chi connectivity index (χ3n) is 19.6. The smallest absolute Gasteiger partial charge is 0.333 e. The van der Waals surface area contributed by atoms with E-state index in [2.05, 4.69) is 70.7 Å². The maximum atomic E-state index is 12.8. The molecular weight excluding hydrogens is 1200 g/mol. The van der Waals surface area contributed by atoms with Gasteiger partial charge in [-0.05, 0) is 92.6 Å². The Morgan fingerprint density at radius 3 is 1.64 bits per heavy atom. The van der Waals surface area contributed by atoms with E-state index in [1.54, 1.807) is 23.9 Å². The molecule has 490 valence electrons. The summed E-state index contributed by atoms with van der Waals surface area (Å²) in [7, 11) is 13.2. The van der Waals surface area contributed by atoms with Gasteiger partial charge in [-0.1, -0.05) is 72.8 Å². The number of aromatic amines is 2. The number of carbonyl (C=O) groups excluding carboxylic acids is 3. The van der Waals surface area contributed by atoms with Crippen LogP contribution in [0.5, 0.6) is 11.8 Å². The summed E-state index contributed by atoms with van der Waals surface area (Å²) in [6, 6.07) is 31.3. The number of ketones is 1. The SMILES string of the molecule is CC(=O)C(C(N)=O)C1NCCc2c1n(C)c1ccccc21.CN1CN(C)C(O)=C(C2NCCc3c2[nH]c2ccccc32)C1=O.Cn1c(O)c(C2(C)NCCc3c2[nH]c2ccccc32)c(=O)n(C)c1=O.Cn1c(O)c(C2NCCc3c2n(C)c2ccccc32)c(=O)n(C)c1=O. The molecule has 0 aliphatic carbocycles. The van der Waals surface area contributed by atoms with Crippen molar-refractivity contribution in [1.82, 2.24) is 68.4 Å². The molecule has 6 aromatic heterocycles. The summed E-state index contributed by atoms with van der Waals surface area (Å²) in [5.74, 6) is -2.27. The molecule has 0 spiro atoms. The second kappa shape index (κ2) is 24.7. The van der Waals surface area contributed by atoms with Crippen molar-refractivity contribution >= 4 is 61.2 Å². The third-order valence-corrected chi connectivity index (χ3v) is 19.6. The number of primary amides is 1. The molecule has 11 heterocycles. The molecule has 11 N–H and O–H groups in total. The van der Waals surface area contributed by atoms with E-state index in [0.29, 0.717) is 25.3 Å². The van der Waals surface area contributed by atoms with Crippen molar-refractivity contribution < 1.29 is 29.7 Å². The van der Waals surface area contributed by atoms with E-state index < -0.39 is 45.9 Å². The molecule has 0 saturated carbocycles. The third kappa shape index (κ3) is 10.4. The number of benzene rings is 4. The van der Waals surface area contributed by atoms with Gasteiger partial charge in [-0.15, -0.1) is 0 Å². The first-order valence-corrected chi connectivity index (χ1v) is 31.3. The number of nitrogens with one attached hydrogen (secondary N) is 6. The molecule has 0 saturated heterocycles. The van der Waals surface area contributed by atoms with E-state index in [1.807, 2.05) is 87.7 Å². The number of aromatic nitrogens is 8. The van der Waals surface area contributed by atoms with Crippen LogP contribution in [0.25, 0.3) is 43.6 Å². The van der Waals surface area contributed by atoms with Crippen molar-refractivity contribution in [3.05, 3.63) is 206 Å². The number of nitrogens with two attached hydrogens (primary N) is 1. The molecule has 2 amide bonds. The summed E-state index contributed by atoms with van der Waals surface area (Å²) in [4.78, 5) is 96.1. The Morgan fingerprint density at radius 2 is 1.03 bits per heavy atom. The number of nitrogens with zero attached hydrogens (tertiary/aromatic N) is 8. The normalized spacial score (nSPS) is 19.5. The number of para-hydroxylation sites is 4. The van der Waals surface area contributed by atoms with Crippen LogP contribution in [0.1, 0.15) is 88.1 Å². The van der Waals surface area contributed by atoms with Crippen molar-refractivity contribution in [1.29, 1.82) is 0 Å². The van der Waals surface area contributed by atoms with Gasteiger partial charge < -0.3 is 71.2 Å². The number of hydrogen-bond donors (Lipinski definition) is 10. The highest BCUT2D eigenvalue weighted by Crippen LogP contribution is 2.42. The number of amides is 2. The Hall–Kier alpha value is -10.2. The van der Waals surface area contributed by atoms with Gasteiger partial charge in [0, 0.05) is 142 Å². The molecular formula is C69H79N15O10. The molecule has 25 heteroatoms. The molecule has 0 radical (unpaired) electrons. The number of carbonyl (C=O) groups is 3. The number of aliphatic hydroxyl groups excluding tert-OH is 1. The van der Waals surface area contributed by atoms with Gasteiger partial charge >= 0.3 is 11.4 Å². The second-order valence-corrected chi connectivity index (χ2v) is 25.1. The number of rotatable bonds is 6. The van der Waals surface area contributed by atoms with E-state index in [1.165, 1.54) is 62.6 Å². The van der Waals surface area contributed by atoms with Crippen LogP contribution in [0, 0.1) is 5.92 Å². The first kappa shape index (κ1) is 63.9. The fraction of sp³-hybridized carbons (Fsp3) is 0.348. The summed E-state index contributed by atoms with van der Waals surface area (Å²) >= 11 is 0. The van der Waals surface area contributed by atoms with E-state index >= 15 is 0 Å². The van der Waals surface area contributed by atoms with Crippen LogP contribution in [0.2, 0.25) is 0 Å². The molecule has 5 atom stereocenters. The van der Waals surface area contributed by atoms with Gasteiger partial charge in [0.15, 0.2) is 5.88 Å². The zero-order valence-electron chi connectivity index (χ0n) is 54.3. The van der Waals surface area contributed by atoms with Crippen molar-refractivity contribution in [3.63, 3.8) is 0 Å². The summed E-state index contributed by atoms with van der Waals surface area (Å²) in [6.07, 6.45) is 3.46. The summed E-state index contributed by atoms with van der Waals surface area (Å²) in [6.45, 7) is 6.55. The monoisotopic (exact) mass is 1280 g/mol. The maximum Gasteiger partial charge on any atom is 0.333 e. The van der Waals surface area contributed by atoms with E-state index in [-0.39, 0.29) is 52.5 Å². The van der Waals surface area contributed by atoms with Crippen LogP contribution in [0.3, 0.4) is 0 Å². The Labute approximate surface area is 539 Å². The summed E-state index contributed by atoms with van der Waals surface area (Å²) in [5.41, 5.74) is 16.1. The fourth-order valence-corrected chi connectivity index (χ4v) is 14.9. The van der Waals surface area contributed by atoms with Crippen molar-refractivity contribution in [2.45, 2.75) is 63.2 Å². The lowest BCUT2D eigenvalue weighted by Crippen LogP contribution is -2.52. The Bertz CT molecular complexity index is 5020. The molecule has 5 aliphatic heterocycles. The van der Waals surface area contributed by atoms with E-state index in [4.69, 9.17) is 5.73 Å². The molecule has 0 fully saturated rings. The Balaban J connectivity index is 0.000000121. The molecule has 5 aliphatic rings. The van der Waals surface area contributed by atoms with Crippen molar-refractivity contribution in [2.24, 2.45) is 53.9 Å². The van der Waals surface area contributed by atoms with Crippen LogP contribution in [0.15, 0.2) is 128 Å². The standard InChI is InChI=1S/2C18H20N4O3.C17H20N4O2.C16H19N3O2/c1-20-12-7-5-4-6-10(12)11-8-9-19-14(15(11)20)13-16(23)21(2)18(25)22(3)17(13)24;1-18(13-15(23)21(2)17(25)22(3)16(13)24)14-11(8-9-19-18)10-6-4-5-7-12(10)20-14;1-20-9-21(2)17(23)13(16(20)22)15-14-11(7-8-18-15)10-5-3-4-6-12(10)19-14;1-9(20)13(16(17)21)14-15-11(7-8-18-14)10-5-3-4-6-12(10)19(15)2/h4-7,14,19,23H,8-9H2,1-3H3;4-7,19-20,23H,8-9H2,1-3H3;3-6,15,18-19,22H,7-9H2,1-2H3;3-6,13-14,18H,7-8H2,1-2H3,(H2,17,21). The molecule has 4 aromatic carbocycles. The minimum Gasteiger partial charge on any atom is -0.494 e. The zero-order chi connectivity index (χ0) is 67.1. The fourth-order valence-electron chi connectivity index (χ4n) is 14.9. The minimum absolute atomic E-state index is 0.0529. The average molecular weight is 1280 g/mol. The van der Waals surface area contributed by atoms with Gasteiger partial charge in [-0.3, -0.25) is 42.2 Å². The summed E-state index contributed by atoms with van der Waals surface area (Å²) in [5, 5.41) is 49.7. The predicted molar refractivity (Wildman–Crippen MR) is 359 cm³/mol. The molecule has 25 nitrogen and oxygen atoms in total. The van der Waals surface area contributed by atoms with Crippen molar-refractivity contribution in [2.75, 3.05) is 46.9 Å². The van der Waals surface area contributed by atoms with Gasteiger partial charge in [-0.2, -0.15) is 0 Å². The van der Waals surface area contributed by atoms with Crippen LogP contribution in [-0.2, 0) is 87.9 Å². The number of Topliss-reactive ketones (excluding diaryl/α,β-unsaturated/α-hetero) is 1. The van der Waals surface area contributed by atoms with E-state index in [9.17, 15) is 48.9 Å². The van der Waals surface area contributed by atoms with Crippen LogP contribution < -0.4 is 49.5 Å². The van der Waals surface area contributed by atoms with Crippen LogP contribution in [-0.4, -0.2) is 127 Å². The molecule has 94 heavy (non-hydrogen) atoms. The van der Waals surface area contributed by atoms with Crippen LogP contribution in [0.4, 0.5) is 0 Å². The second-order valence-electron chi connectivity index (χ2n) is 25.1. The summed E-state index contributed by atoms with van der Waals surface area (Å²) < 4.78 is 8.40. The lowest BCUT2D eigenvalue weighted by molar-refractivity contribution is -0.133. The van der Waals surface area contributed by atoms with E-state index in [0.717, 1.165) is 118 Å². The molecule has 0 bridgehead atoms. The number of likely N-dealkylation sites (N-methyl/N-ethyl adjacent to an activating group) is 1. The first-order valence-electron chi connectivity index (χ1n) is 31.3. The lowest BCUT2D eigenvalue weighted by Gasteiger charge is -2.36. The molecule has 15 rings (SSSR count). The van der Waals surface area contributed by atoms with Gasteiger partial charge in [0.1, 0.15) is 22.8 Å². The highest BCUT2D eigenvalue weighted by Gasteiger charge is 2.43. The maximum absolute atomic E-state index is 12.8. The molecule has 10 aromatic rings. The van der Waals surface area contributed by atoms with Gasteiger partial charge in [0.25, 0.3) is 17.0 Å². The Morgan fingerprint density at radius 1 is 0.543 bits per heavy atom. The van der Waals surface area contributed by atoms with Crippen molar-refractivity contribution in [3.8, 4) is 11.8 Å². The zero-order valence-corrected chi connectivity index (χ0v) is 54.3. The number of aromatic hydroxyl groups is 2. The topological polar surface area (TPSA) is 322 Å². The highest BCUT2D eigenvalue weighted by atomic mass is 16.3. The van der Waals surface area contributed by atoms with Gasteiger partial charge in [0.2, 0.25) is 17.7 Å². The number of aryl methyl sites for hydroxylation is 2. The van der Waals surface area contributed by atoms with Gasteiger partial charge in [0.05, 0.1) is 35.9 Å². The predicted octanol–water partition coefficient (Wildman–Crippen LogP) is 3.74. The average Bonchev–Trinajstić information content (AvgIpc) is 1.27. The molecule has 5 unspecified atom stereocenters. The lowest BCUT2D eigenvalue weighted by atomic mass is 9.83. The van der Waals surface area contributed by atoms with Gasteiger partial charge in [-0.25, -0.2) is 9.59 Å². The number of hydrogen-bond acceptors (Lipinski definition) is 15. The largest absolute Gasteiger partial charge is 0.494 e. The first-order chi connectivity index (χ1) is 44.9. The highest BCUT2D eigenvalue weighted by molar-refractivity contribution is 6.01. The van der Waals surface area contributed by atoms with Crippen LogP contribution >= 0.6 is 0 Å². The quantitative estimate of drug-likeness (QED) is 0.106. The number of H-pyrrole nitrogens is 2. The Kier molecular flexibility index (Phi) is 16.8. The number of fused-ring (bicyclic) bond motifs is 12. The number of aliphatic hydroxyl groups is 1.